The van der Waals surface area contributed by atoms with Crippen molar-refractivity contribution < 1.29 is 4.79 Å². The van der Waals surface area contributed by atoms with Gasteiger partial charge in [0.15, 0.2) is 0 Å². The summed E-state index contributed by atoms with van der Waals surface area (Å²) in [6, 6.07) is 12.5. The third-order valence-corrected chi connectivity index (χ3v) is 16.2. The third-order valence-electron chi connectivity index (χ3n) is 3.06. The molecule has 2 aliphatic rings. The zero-order chi connectivity index (χ0) is 17.7. The predicted octanol–water partition coefficient (Wildman–Crippen LogP) is 4.74. The number of carbonyl (C=O) groups excluding carboxylic acids is 1. The van der Waals surface area contributed by atoms with Crippen molar-refractivity contribution in [1.29, 1.82) is 10.5 Å². The Balaban J connectivity index is 1.79. The molecule has 0 unspecified atom stereocenters. The Morgan fingerprint density at radius 3 is 2.04 bits per heavy atom. The Morgan fingerprint density at radius 1 is 0.920 bits per heavy atom. The molecule has 0 N–H and O–H groups in total. The molecule has 9 heteroatoms. The Morgan fingerprint density at radius 2 is 1.48 bits per heavy atom. The Labute approximate surface area is 176 Å². The number of nitriles is 2. The first-order valence-electron chi connectivity index (χ1n) is 7.30. The van der Waals surface area contributed by atoms with Crippen molar-refractivity contribution in [3.63, 3.8) is 0 Å². The second-order valence-corrected chi connectivity index (χ2v) is 16.1. The number of thioether (sulfide) groups is 4. The summed E-state index contributed by atoms with van der Waals surface area (Å²) in [5.74, 6) is 0. The van der Waals surface area contributed by atoms with E-state index in [9.17, 15) is 4.79 Å². The molecule has 1 aromatic carbocycles. The molecule has 128 valence electrons. The first-order chi connectivity index (χ1) is 12.2. The molecule has 0 saturated carbocycles. The molecule has 0 aromatic heterocycles. The molecule has 0 radical (unpaired) electrons. The molecule has 1 aromatic rings. The molecule has 0 aliphatic carbocycles. The van der Waals surface area contributed by atoms with Crippen molar-refractivity contribution in [1.82, 2.24) is 0 Å². The number of benzene rings is 1. The van der Waals surface area contributed by atoms with E-state index in [0.717, 1.165) is 15.5 Å². The fourth-order valence-electron chi connectivity index (χ4n) is 2.00. The quantitative estimate of drug-likeness (QED) is 0.386. The molecular formula is C16H12N2OS4Se2. The number of rotatable bonds is 6. The van der Waals surface area contributed by atoms with Gasteiger partial charge in [-0.15, -0.1) is 0 Å². The zero-order valence-corrected chi connectivity index (χ0v) is 19.6. The molecule has 0 fully saturated rings. The maximum atomic E-state index is 12.9. The average molecular weight is 534 g/mol. The first kappa shape index (κ1) is 19.8. The van der Waals surface area contributed by atoms with Crippen LogP contribution in [0.25, 0.3) is 0 Å². The van der Waals surface area contributed by atoms with E-state index in [1.807, 2.05) is 18.2 Å². The SMILES string of the molecule is N#CCC[Se]C1=C([Se]CCC#N)SC2(S1)Sc1ccccc1SC2=O. The molecule has 0 bridgehead atoms. The minimum absolute atomic E-state index is 0.200. The molecule has 0 atom stereocenters. The van der Waals surface area contributed by atoms with Crippen LogP contribution in [0.3, 0.4) is 0 Å². The van der Waals surface area contributed by atoms with Crippen LogP contribution in [0.15, 0.2) is 41.7 Å². The topological polar surface area (TPSA) is 64.7 Å². The fraction of sp³-hybridized carbons (Fsp3) is 0.312. The monoisotopic (exact) mass is 536 g/mol. The number of fused-ring (bicyclic) bond motifs is 1. The van der Waals surface area contributed by atoms with Crippen LogP contribution in [0.2, 0.25) is 10.6 Å². The van der Waals surface area contributed by atoms with Gasteiger partial charge in [-0.2, -0.15) is 0 Å². The van der Waals surface area contributed by atoms with E-state index in [1.165, 1.54) is 24.3 Å². The van der Waals surface area contributed by atoms with Gasteiger partial charge in [-0.3, -0.25) is 0 Å². The first-order valence-corrected chi connectivity index (χ1v) is 14.7. The Kier molecular flexibility index (Phi) is 7.37. The van der Waals surface area contributed by atoms with Gasteiger partial charge >= 0.3 is 178 Å². The molecule has 0 amide bonds. The van der Waals surface area contributed by atoms with Gasteiger partial charge in [-0.25, -0.2) is 0 Å². The Hall–Kier alpha value is 0.0490. The van der Waals surface area contributed by atoms with Crippen molar-refractivity contribution in [2.45, 2.75) is 36.7 Å². The molecule has 2 aliphatic heterocycles. The molecular weight excluding hydrogens is 522 g/mol. The van der Waals surface area contributed by atoms with Crippen molar-refractivity contribution >= 4 is 82.1 Å². The van der Waals surface area contributed by atoms with Gasteiger partial charge in [-0.1, -0.05) is 0 Å². The van der Waals surface area contributed by atoms with Gasteiger partial charge in [0, 0.05) is 0 Å². The second kappa shape index (κ2) is 9.31. The zero-order valence-electron chi connectivity index (χ0n) is 12.9. The van der Waals surface area contributed by atoms with E-state index in [1.54, 1.807) is 35.3 Å². The summed E-state index contributed by atoms with van der Waals surface area (Å²) in [4.78, 5) is 15.1. The molecule has 3 nitrogen and oxygen atoms in total. The third kappa shape index (κ3) is 4.67. The summed E-state index contributed by atoms with van der Waals surface area (Å²) in [5.41, 5.74) is 0. The van der Waals surface area contributed by atoms with Crippen LogP contribution in [-0.2, 0) is 4.79 Å². The number of hydrogen-bond acceptors (Lipinski definition) is 7. The van der Waals surface area contributed by atoms with E-state index < -0.39 is 3.41 Å². The van der Waals surface area contributed by atoms with Crippen LogP contribution in [0.1, 0.15) is 12.8 Å². The molecule has 0 saturated heterocycles. The van der Waals surface area contributed by atoms with Crippen molar-refractivity contribution in [2.24, 2.45) is 0 Å². The van der Waals surface area contributed by atoms with Gasteiger partial charge in [0.1, 0.15) is 0 Å². The summed E-state index contributed by atoms with van der Waals surface area (Å²) >= 11 is 6.91. The van der Waals surface area contributed by atoms with E-state index in [4.69, 9.17) is 10.5 Å². The van der Waals surface area contributed by atoms with Crippen LogP contribution in [0, 0.1) is 22.7 Å². The molecule has 3 rings (SSSR count). The van der Waals surface area contributed by atoms with Crippen LogP contribution in [-0.4, -0.2) is 38.4 Å². The number of carbonyl (C=O) groups is 1. The van der Waals surface area contributed by atoms with Gasteiger partial charge in [0.05, 0.1) is 0 Å². The fourth-order valence-corrected chi connectivity index (χ4v) is 16.7. The summed E-state index contributed by atoms with van der Waals surface area (Å²) < 4.78 is 2.13. The van der Waals surface area contributed by atoms with Gasteiger partial charge in [0.2, 0.25) is 0 Å². The van der Waals surface area contributed by atoms with Gasteiger partial charge in [0.25, 0.3) is 0 Å². The second-order valence-electron chi connectivity index (χ2n) is 4.79. The van der Waals surface area contributed by atoms with E-state index in [-0.39, 0.29) is 35.0 Å². The van der Waals surface area contributed by atoms with E-state index in [0.29, 0.717) is 12.8 Å². The Bertz CT molecular complexity index is 768. The van der Waals surface area contributed by atoms with Crippen LogP contribution >= 0.6 is 47.0 Å². The molecule has 1 spiro atoms. The minimum atomic E-state index is -0.521. The van der Waals surface area contributed by atoms with Gasteiger partial charge < -0.3 is 0 Å². The summed E-state index contributed by atoms with van der Waals surface area (Å²) in [5, 5.41) is 19.6. The van der Waals surface area contributed by atoms with Crippen LogP contribution < -0.4 is 0 Å². The maximum absolute atomic E-state index is 12.9. The molecule has 25 heavy (non-hydrogen) atoms. The van der Waals surface area contributed by atoms with Crippen LogP contribution in [0.5, 0.6) is 0 Å². The normalized spacial score (nSPS) is 18.1. The van der Waals surface area contributed by atoms with Crippen molar-refractivity contribution in [3.8, 4) is 12.1 Å². The van der Waals surface area contributed by atoms with E-state index in [2.05, 4.69) is 18.2 Å². The summed E-state index contributed by atoms with van der Waals surface area (Å²) in [6.45, 7) is 0. The number of nitrogens with zero attached hydrogens (tertiary/aromatic N) is 2. The predicted molar refractivity (Wildman–Crippen MR) is 110 cm³/mol. The average Bonchev–Trinajstić information content (AvgIpc) is 2.95. The van der Waals surface area contributed by atoms with E-state index >= 15 is 0 Å². The van der Waals surface area contributed by atoms with Crippen LogP contribution in [0.4, 0.5) is 0 Å². The van der Waals surface area contributed by atoms with Crippen molar-refractivity contribution in [2.75, 3.05) is 0 Å². The standard InChI is InChI=1S/C16H12N2OS4Se2/c17-7-3-9-24-13-14(25-10-4-8-18)23-16(22-13)15(19)20-11-5-1-2-6-12(11)21-16/h1-2,5-6H,3-4,9-10H2. The van der Waals surface area contributed by atoms with Gasteiger partial charge in [-0.05, 0) is 0 Å². The number of hydrogen-bond donors (Lipinski definition) is 0. The molecule has 2 heterocycles. The summed E-state index contributed by atoms with van der Waals surface area (Å²) in [7, 11) is 0. The van der Waals surface area contributed by atoms with Crippen molar-refractivity contribution in [3.05, 3.63) is 31.9 Å². The summed E-state index contributed by atoms with van der Waals surface area (Å²) in [6.07, 6.45) is 1.14.